The molecule has 1 unspecified atom stereocenters. The molecule has 0 N–H and O–H groups in total. The Kier molecular flexibility index (Phi) is 5.95. The van der Waals surface area contributed by atoms with Crippen molar-refractivity contribution >= 4 is 33.3 Å². The molecule has 1 amide bonds. The van der Waals surface area contributed by atoms with Gasteiger partial charge in [0.15, 0.2) is 0 Å². The average molecular weight is 465 g/mol. The number of anilines is 2. The second-order valence-electron chi connectivity index (χ2n) is 7.88. The van der Waals surface area contributed by atoms with Crippen molar-refractivity contribution in [2.45, 2.75) is 24.3 Å². The van der Waals surface area contributed by atoms with Crippen LogP contribution < -0.4 is 9.21 Å². The van der Waals surface area contributed by atoms with Crippen molar-refractivity contribution in [1.29, 1.82) is 0 Å². The first kappa shape index (κ1) is 22.5. The van der Waals surface area contributed by atoms with Crippen LogP contribution in [0.1, 0.15) is 21.5 Å². The Morgan fingerprint density at radius 3 is 2.39 bits per heavy atom. The molecule has 0 spiro atoms. The number of benzene rings is 3. The van der Waals surface area contributed by atoms with Crippen molar-refractivity contribution in [2.24, 2.45) is 0 Å². The van der Waals surface area contributed by atoms with E-state index in [1.807, 2.05) is 31.2 Å². The third-order valence-electron chi connectivity index (χ3n) is 5.81. The van der Waals surface area contributed by atoms with Gasteiger partial charge in [0.1, 0.15) is 6.04 Å². The van der Waals surface area contributed by atoms with Gasteiger partial charge in [0, 0.05) is 24.7 Å². The van der Waals surface area contributed by atoms with E-state index in [0.717, 1.165) is 11.1 Å². The topological polar surface area (TPSA) is 84.0 Å². The minimum atomic E-state index is -3.91. The van der Waals surface area contributed by atoms with Crippen LogP contribution in [-0.2, 0) is 26.0 Å². The summed E-state index contributed by atoms with van der Waals surface area (Å²) in [5.41, 5.74) is 3.16. The highest BCUT2D eigenvalue weighted by Gasteiger charge is 2.39. The van der Waals surface area contributed by atoms with Crippen molar-refractivity contribution < 1.29 is 22.7 Å². The summed E-state index contributed by atoms with van der Waals surface area (Å²) in [6.07, 6.45) is 0.336. The van der Waals surface area contributed by atoms with Gasteiger partial charge in [-0.3, -0.25) is 14.0 Å². The maximum atomic E-state index is 13.5. The van der Waals surface area contributed by atoms with Gasteiger partial charge in [-0.1, -0.05) is 42.0 Å². The third kappa shape index (κ3) is 4.09. The fourth-order valence-electron chi connectivity index (χ4n) is 3.94. The lowest BCUT2D eigenvalue weighted by Gasteiger charge is -2.24. The zero-order chi connectivity index (χ0) is 23.8. The van der Waals surface area contributed by atoms with E-state index in [-0.39, 0.29) is 10.5 Å². The second kappa shape index (κ2) is 8.71. The number of sulfonamides is 1. The van der Waals surface area contributed by atoms with Crippen LogP contribution in [0.2, 0.25) is 0 Å². The quantitative estimate of drug-likeness (QED) is 0.539. The molecule has 33 heavy (non-hydrogen) atoms. The SMILES string of the molecule is COC(=O)C1Cc2ccccc2N1C(=O)c1cccc(S(=O)(=O)N(C)c2ccc(C)cc2)c1. The predicted octanol–water partition coefficient (Wildman–Crippen LogP) is 3.56. The predicted molar refractivity (Wildman–Crippen MR) is 126 cm³/mol. The molecule has 0 saturated heterocycles. The van der Waals surface area contributed by atoms with E-state index in [1.54, 1.807) is 30.3 Å². The Morgan fingerprint density at radius 2 is 1.70 bits per heavy atom. The summed E-state index contributed by atoms with van der Waals surface area (Å²) in [6, 6.07) is 19.4. The van der Waals surface area contributed by atoms with Crippen LogP contribution in [-0.4, -0.2) is 40.5 Å². The molecule has 3 aromatic rings. The Morgan fingerprint density at radius 1 is 1.00 bits per heavy atom. The summed E-state index contributed by atoms with van der Waals surface area (Å²) in [4.78, 5) is 27.3. The smallest absolute Gasteiger partial charge is 0.329 e. The summed E-state index contributed by atoms with van der Waals surface area (Å²) in [5.74, 6) is -0.993. The van der Waals surface area contributed by atoms with Crippen LogP contribution in [0.5, 0.6) is 0 Å². The fourth-order valence-corrected chi connectivity index (χ4v) is 5.18. The zero-order valence-electron chi connectivity index (χ0n) is 18.6. The van der Waals surface area contributed by atoms with Crippen LogP contribution in [0.25, 0.3) is 0 Å². The molecular weight excluding hydrogens is 440 g/mol. The van der Waals surface area contributed by atoms with E-state index in [0.29, 0.717) is 17.8 Å². The third-order valence-corrected chi connectivity index (χ3v) is 7.59. The van der Waals surface area contributed by atoms with Gasteiger partial charge >= 0.3 is 5.97 Å². The average Bonchev–Trinajstić information content (AvgIpc) is 3.22. The molecule has 1 aliphatic heterocycles. The standard InChI is InChI=1S/C25H24N2O5S/c1-17-11-13-20(14-12-17)26(2)33(30,31)21-9-6-8-19(15-21)24(28)27-22-10-5-4-7-18(22)16-23(27)25(29)32-3/h4-15,23H,16H2,1-3H3. The van der Waals surface area contributed by atoms with E-state index >= 15 is 0 Å². The maximum Gasteiger partial charge on any atom is 0.329 e. The van der Waals surface area contributed by atoms with E-state index in [9.17, 15) is 18.0 Å². The summed E-state index contributed by atoms with van der Waals surface area (Å²) in [6.45, 7) is 1.92. The molecule has 0 aromatic heterocycles. The molecule has 3 aromatic carbocycles. The van der Waals surface area contributed by atoms with Crippen LogP contribution in [0, 0.1) is 6.92 Å². The molecule has 0 aliphatic carbocycles. The Bertz CT molecular complexity index is 1320. The van der Waals surface area contributed by atoms with Crippen LogP contribution in [0.4, 0.5) is 11.4 Å². The number of esters is 1. The normalized spacial score (nSPS) is 15.1. The molecule has 1 atom stereocenters. The molecule has 0 fully saturated rings. The first-order valence-electron chi connectivity index (χ1n) is 10.4. The summed E-state index contributed by atoms with van der Waals surface area (Å²) >= 11 is 0. The van der Waals surface area contributed by atoms with Gasteiger partial charge in [-0.25, -0.2) is 13.2 Å². The van der Waals surface area contributed by atoms with E-state index < -0.39 is 27.9 Å². The largest absolute Gasteiger partial charge is 0.467 e. The van der Waals surface area contributed by atoms with E-state index in [2.05, 4.69) is 0 Å². The number of hydrogen-bond donors (Lipinski definition) is 0. The van der Waals surface area contributed by atoms with Crippen molar-refractivity contribution in [3.05, 3.63) is 89.5 Å². The van der Waals surface area contributed by atoms with Gasteiger partial charge in [0.05, 0.1) is 17.7 Å². The summed E-state index contributed by atoms with van der Waals surface area (Å²) in [7, 11) is -1.16. The molecule has 1 heterocycles. The number of fused-ring (bicyclic) bond motifs is 1. The number of para-hydroxylation sites is 1. The van der Waals surface area contributed by atoms with Crippen molar-refractivity contribution in [3.63, 3.8) is 0 Å². The van der Waals surface area contributed by atoms with Gasteiger partial charge in [0.2, 0.25) is 0 Å². The monoisotopic (exact) mass is 464 g/mol. The summed E-state index contributed by atoms with van der Waals surface area (Å²) in [5, 5.41) is 0. The molecule has 8 heteroatoms. The fraction of sp³-hybridized carbons (Fsp3) is 0.200. The highest BCUT2D eigenvalue weighted by molar-refractivity contribution is 7.92. The number of carbonyl (C=O) groups excluding carboxylic acids is 2. The zero-order valence-corrected chi connectivity index (χ0v) is 19.4. The minimum absolute atomic E-state index is 0.0153. The Balaban J connectivity index is 1.70. The number of ether oxygens (including phenoxy) is 1. The van der Waals surface area contributed by atoms with Crippen LogP contribution in [0.15, 0.2) is 77.7 Å². The van der Waals surface area contributed by atoms with Gasteiger partial charge < -0.3 is 4.74 Å². The highest BCUT2D eigenvalue weighted by atomic mass is 32.2. The number of aryl methyl sites for hydroxylation is 1. The first-order valence-corrected chi connectivity index (χ1v) is 11.8. The maximum absolute atomic E-state index is 13.5. The molecule has 0 radical (unpaired) electrons. The number of amides is 1. The van der Waals surface area contributed by atoms with Gasteiger partial charge in [-0.05, 0) is 48.9 Å². The highest BCUT2D eigenvalue weighted by Crippen LogP contribution is 2.34. The molecule has 1 aliphatic rings. The number of hydrogen-bond acceptors (Lipinski definition) is 5. The van der Waals surface area contributed by atoms with Gasteiger partial charge in [0.25, 0.3) is 15.9 Å². The molecule has 0 bridgehead atoms. The van der Waals surface area contributed by atoms with Crippen molar-refractivity contribution in [1.82, 2.24) is 0 Å². The number of rotatable bonds is 5. The molecule has 4 rings (SSSR count). The van der Waals surface area contributed by atoms with E-state index in [1.165, 1.54) is 41.6 Å². The lowest BCUT2D eigenvalue weighted by atomic mass is 10.1. The number of nitrogens with zero attached hydrogens (tertiary/aromatic N) is 2. The lowest BCUT2D eigenvalue weighted by molar-refractivity contribution is -0.141. The minimum Gasteiger partial charge on any atom is -0.467 e. The number of carbonyl (C=O) groups is 2. The van der Waals surface area contributed by atoms with Crippen LogP contribution in [0.3, 0.4) is 0 Å². The molecule has 0 saturated carbocycles. The van der Waals surface area contributed by atoms with Gasteiger partial charge in [-0.15, -0.1) is 0 Å². The number of methoxy groups -OCH3 is 1. The summed E-state index contributed by atoms with van der Waals surface area (Å²) < 4.78 is 32.6. The molecule has 170 valence electrons. The van der Waals surface area contributed by atoms with Crippen molar-refractivity contribution in [3.8, 4) is 0 Å². The van der Waals surface area contributed by atoms with Gasteiger partial charge in [-0.2, -0.15) is 0 Å². The Hall–Kier alpha value is -3.65. The van der Waals surface area contributed by atoms with Crippen LogP contribution >= 0.6 is 0 Å². The lowest BCUT2D eigenvalue weighted by Crippen LogP contribution is -2.43. The van der Waals surface area contributed by atoms with Crippen molar-refractivity contribution in [2.75, 3.05) is 23.4 Å². The van der Waals surface area contributed by atoms with E-state index in [4.69, 9.17) is 4.74 Å². The Labute approximate surface area is 193 Å². The molecular formula is C25H24N2O5S. The second-order valence-corrected chi connectivity index (χ2v) is 9.85. The molecule has 7 nitrogen and oxygen atoms in total. The first-order chi connectivity index (χ1) is 15.7.